The van der Waals surface area contributed by atoms with Crippen LogP contribution in [0.3, 0.4) is 0 Å². The molecule has 2 rings (SSSR count). The van der Waals surface area contributed by atoms with Crippen LogP contribution in [0.5, 0.6) is 0 Å². The van der Waals surface area contributed by atoms with E-state index in [9.17, 15) is 9.59 Å². The highest BCUT2D eigenvalue weighted by Crippen LogP contribution is 2.16. The van der Waals surface area contributed by atoms with Crippen molar-refractivity contribution in [3.05, 3.63) is 54.1 Å². The fraction of sp³-hybridized carbons (Fsp3) is 0.188. The Morgan fingerprint density at radius 3 is 2.83 bits per heavy atom. The lowest BCUT2D eigenvalue weighted by Gasteiger charge is -2.16. The van der Waals surface area contributed by atoms with Crippen LogP contribution in [0.1, 0.15) is 10.5 Å². The van der Waals surface area contributed by atoms with Gasteiger partial charge >= 0.3 is 5.97 Å². The number of benzene rings is 1. The fourth-order valence-corrected chi connectivity index (χ4v) is 2.39. The lowest BCUT2D eigenvalue weighted by molar-refractivity contribution is -0.121. The lowest BCUT2D eigenvalue weighted by atomic mass is 10.3. The Bertz CT molecular complexity index is 685. The molecule has 0 aliphatic carbocycles. The van der Waals surface area contributed by atoms with Crippen LogP contribution >= 0.6 is 11.3 Å². The molecule has 6 nitrogen and oxygen atoms in total. The van der Waals surface area contributed by atoms with Crippen LogP contribution in [0.25, 0.3) is 0 Å². The number of esters is 1. The largest absolute Gasteiger partial charge is 0.451 e. The van der Waals surface area contributed by atoms with E-state index in [1.165, 1.54) is 16.2 Å². The molecule has 1 N–H and O–H groups in total. The molecular weight excluding hydrogens is 314 g/mol. The van der Waals surface area contributed by atoms with Crippen molar-refractivity contribution in [2.75, 3.05) is 30.4 Å². The van der Waals surface area contributed by atoms with Crippen LogP contribution < -0.4 is 10.2 Å². The number of nitrogens with one attached hydrogen (secondary N) is 1. The number of thiazole rings is 1. The van der Waals surface area contributed by atoms with Crippen LogP contribution in [0.15, 0.2) is 48.4 Å². The molecule has 0 radical (unpaired) electrons. The summed E-state index contributed by atoms with van der Waals surface area (Å²) in [4.78, 5) is 29.5. The molecule has 1 amide bonds. The zero-order valence-electron chi connectivity index (χ0n) is 12.7. The highest BCUT2D eigenvalue weighted by atomic mass is 32.1. The number of anilines is 2. The highest BCUT2D eigenvalue weighted by molar-refractivity contribution is 7.13. The van der Waals surface area contributed by atoms with Gasteiger partial charge in [-0.3, -0.25) is 4.79 Å². The predicted octanol–water partition coefficient (Wildman–Crippen LogP) is 2.56. The third-order valence-corrected chi connectivity index (χ3v) is 3.76. The SMILES string of the molecule is C=CCNc1nc(C(=O)OCC(=O)N(C)c2ccccc2)cs1. The van der Waals surface area contributed by atoms with Crippen molar-refractivity contribution in [3.63, 3.8) is 0 Å². The second-order valence-electron chi connectivity index (χ2n) is 4.57. The number of carbonyl (C=O) groups excluding carboxylic acids is 2. The smallest absolute Gasteiger partial charge is 0.358 e. The van der Waals surface area contributed by atoms with Gasteiger partial charge in [0.05, 0.1) is 0 Å². The normalized spacial score (nSPS) is 9.96. The number of rotatable bonds is 7. The van der Waals surface area contributed by atoms with Crippen molar-refractivity contribution in [3.8, 4) is 0 Å². The standard InChI is InChI=1S/C16H17N3O3S/c1-3-9-17-16-18-13(11-23-16)15(21)22-10-14(20)19(2)12-7-5-4-6-8-12/h3-8,11H,1,9-10H2,2H3,(H,17,18). The van der Waals surface area contributed by atoms with Gasteiger partial charge in [0.2, 0.25) is 0 Å². The van der Waals surface area contributed by atoms with Crippen LogP contribution in [-0.2, 0) is 9.53 Å². The molecule has 0 bridgehead atoms. The zero-order valence-corrected chi connectivity index (χ0v) is 13.5. The molecule has 1 heterocycles. The van der Waals surface area contributed by atoms with Crippen molar-refractivity contribution in [2.24, 2.45) is 0 Å². The van der Waals surface area contributed by atoms with Gasteiger partial charge in [0, 0.05) is 24.7 Å². The van der Waals surface area contributed by atoms with Gasteiger partial charge in [0.1, 0.15) is 0 Å². The summed E-state index contributed by atoms with van der Waals surface area (Å²) in [5.41, 5.74) is 0.912. The molecule has 23 heavy (non-hydrogen) atoms. The molecule has 0 unspecified atom stereocenters. The Kier molecular flexibility index (Phi) is 5.87. The third-order valence-electron chi connectivity index (χ3n) is 2.96. The van der Waals surface area contributed by atoms with E-state index in [2.05, 4.69) is 16.9 Å². The van der Waals surface area contributed by atoms with E-state index in [4.69, 9.17) is 4.74 Å². The molecule has 0 atom stereocenters. The molecule has 0 saturated carbocycles. The predicted molar refractivity (Wildman–Crippen MR) is 90.9 cm³/mol. The molecule has 2 aromatic rings. The molecule has 0 aliphatic rings. The zero-order chi connectivity index (χ0) is 16.7. The maximum atomic E-state index is 12.0. The summed E-state index contributed by atoms with van der Waals surface area (Å²) in [6.07, 6.45) is 1.69. The topological polar surface area (TPSA) is 71.5 Å². The Morgan fingerprint density at radius 2 is 2.13 bits per heavy atom. The second-order valence-corrected chi connectivity index (χ2v) is 5.43. The minimum absolute atomic E-state index is 0.178. The monoisotopic (exact) mass is 331 g/mol. The first kappa shape index (κ1) is 16.7. The number of hydrogen-bond acceptors (Lipinski definition) is 6. The van der Waals surface area contributed by atoms with Gasteiger partial charge in [-0.05, 0) is 12.1 Å². The first-order valence-electron chi connectivity index (χ1n) is 6.91. The average Bonchev–Trinajstić information content (AvgIpc) is 3.06. The number of aromatic nitrogens is 1. The molecular formula is C16H17N3O3S. The number of amides is 1. The molecule has 7 heteroatoms. The van der Waals surface area contributed by atoms with Crippen molar-refractivity contribution in [1.82, 2.24) is 4.98 Å². The lowest BCUT2D eigenvalue weighted by Crippen LogP contribution is -2.31. The summed E-state index contributed by atoms with van der Waals surface area (Å²) in [5.74, 6) is -0.937. The Labute approximate surface area is 138 Å². The quantitative estimate of drug-likeness (QED) is 0.624. The van der Waals surface area contributed by atoms with E-state index in [0.29, 0.717) is 11.7 Å². The third kappa shape index (κ3) is 4.65. The number of carbonyl (C=O) groups is 2. The summed E-state index contributed by atoms with van der Waals surface area (Å²) in [7, 11) is 1.63. The van der Waals surface area contributed by atoms with Gasteiger partial charge in [-0.2, -0.15) is 0 Å². The van der Waals surface area contributed by atoms with Gasteiger partial charge in [-0.1, -0.05) is 24.3 Å². The van der Waals surface area contributed by atoms with Crippen LogP contribution in [0.4, 0.5) is 10.8 Å². The number of para-hydroxylation sites is 1. The summed E-state index contributed by atoms with van der Waals surface area (Å²) >= 11 is 1.29. The second kappa shape index (κ2) is 8.09. The van der Waals surface area contributed by atoms with Crippen molar-refractivity contribution in [2.45, 2.75) is 0 Å². The van der Waals surface area contributed by atoms with Crippen LogP contribution in [0, 0.1) is 0 Å². The van der Waals surface area contributed by atoms with Crippen LogP contribution in [0.2, 0.25) is 0 Å². The Balaban J connectivity index is 1.87. The van der Waals surface area contributed by atoms with E-state index in [1.807, 2.05) is 18.2 Å². The maximum absolute atomic E-state index is 12.0. The number of nitrogens with zero attached hydrogens (tertiary/aromatic N) is 2. The molecule has 0 fully saturated rings. The van der Waals surface area contributed by atoms with Crippen LogP contribution in [-0.4, -0.2) is 37.1 Å². The molecule has 0 aliphatic heterocycles. The van der Waals surface area contributed by atoms with E-state index >= 15 is 0 Å². The Hall–Kier alpha value is -2.67. The van der Waals surface area contributed by atoms with Gasteiger partial charge in [0.25, 0.3) is 5.91 Å². The van der Waals surface area contributed by atoms with Crippen molar-refractivity contribution < 1.29 is 14.3 Å². The summed E-state index contributed by atoms with van der Waals surface area (Å²) in [5, 5.41) is 5.16. The van der Waals surface area contributed by atoms with Crippen molar-refractivity contribution >= 4 is 34.0 Å². The van der Waals surface area contributed by atoms with Gasteiger partial charge < -0.3 is 15.0 Å². The summed E-state index contributed by atoms with van der Waals surface area (Å²) in [6.45, 7) is 3.81. The minimum atomic E-state index is -0.622. The van der Waals surface area contributed by atoms with Gasteiger partial charge in [-0.15, -0.1) is 17.9 Å². The van der Waals surface area contributed by atoms with E-state index in [1.54, 1.807) is 30.6 Å². The first-order chi connectivity index (χ1) is 11.1. The van der Waals surface area contributed by atoms with E-state index in [-0.39, 0.29) is 18.2 Å². The molecule has 1 aromatic carbocycles. The molecule has 1 aromatic heterocycles. The van der Waals surface area contributed by atoms with E-state index < -0.39 is 5.97 Å². The number of hydrogen-bond donors (Lipinski definition) is 1. The van der Waals surface area contributed by atoms with Gasteiger partial charge in [0.15, 0.2) is 17.4 Å². The van der Waals surface area contributed by atoms with Gasteiger partial charge in [-0.25, -0.2) is 9.78 Å². The molecule has 120 valence electrons. The van der Waals surface area contributed by atoms with Crippen molar-refractivity contribution in [1.29, 1.82) is 0 Å². The molecule has 0 spiro atoms. The first-order valence-corrected chi connectivity index (χ1v) is 7.79. The fourth-order valence-electron chi connectivity index (χ4n) is 1.70. The summed E-state index contributed by atoms with van der Waals surface area (Å²) in [6, 6.07) is 9.13. The Morgan fingerprint density at radius 1 is 1.39 bits per heavy atom. The maximum Gasteiger partial charge on any atom is 0.358 e. The summed E-state index contributed by atoms with van der Waals surface area (Å²) < 4.78 is 5.02. The average molecular weight is 331 g/mol. The number of ether oxygens (including phenoxy) is 1. The highest BCUT2D eigenvalue weighted by Gasteiger charge is 2.16. The minimum Gasteiger partial charge on any atom is -0.451 e. The van der Waals surface area contributed by atoms with E-state index in [0.717, 1.165) is 5.69 Å². The molecule has 0 saturated heterocycles. The number of likely N-dealkylation sites (N-methyl/N-ethyl adjacent to an activating group) is 1.